The van der Waals surface area contributed by atoms with Gasteiger partial charge in [-0.2, -0.15) is 0 Å². The molecule has 1 aromatic carbocycles. The number of carbonyl (C=O) groups is 1. The average molecular weight is 394 g/mol. The minimum atomic E-state index is 0.107. The van der Waals surface area contributed by atoms with Crippen molar-refractivity contribution in [3.8, 4) is 0 Å². The van der Waals surface area contributed by atoms with Gasteiger partial charge in [0.15, 0.2) is 0 Å². The lowest BCUT2D eigenvalue weighted by Crippen LogP contribution is -2.37. The molecule has 1 amide bonds. The van der Waals surface area contributed by atoms with Crippen LogP contribution in [0.15, 0.2) is 48.7 Å². The number of likely N-dealkylation sites (tertiary alicyclic amines) is 1. The molecule has 0 unspecified atom stereocenters. The zero-order chi connectivity index (χ0) is 20.1. The van der Waals surface area contributed by atoms with Gasteiger partial charge in [-0.05, 0) is 55.7 Å². The van der Waals surface area contributed by atoms with Gasteiger partial charge in [0.2, 0.25) is 0 Å². The van der Waals surface area contributed by atoms with Crippen molar-refractivity contribution in [1.29, 1.82) is 0 Å². The Bertz CT molecular complexity index is 786. The summed E-state index contributed by atoms with van der Waals surface area (Å²) in [6.07, 6.45) is 7.36. The summed E-state index contributed by atoms with van der Waals surface area (Å²) in [5, 5.41) is 0. The SMILES string of the molecule is COC1CCN(c2ccc(C(=O)N3CCC[C@H](c4ccccc4)CC3)cn2)CC1. The summed E-state index contributed by atoms with van der Waals surface area (Å²) >= 11 is 0. The third-order valence-corrected chi connectivity index (χ3v) is 6.38. The van der Waals surface area contributed by atoms with Crippen LogP contribution in [0.2, 0.25) is 0 Å². The molecule has 4 rings (SSSR count). The van der Waals surface area contributed by atoms with Crippen LogP contribution in [0, 0.1) is 0 Å². The highest BCUT2D eigenvalue weighted by atomic mass is 16.5. The second-order valence-electron chi connectivity index (χ2n) is 8.16. The van der Waals surface area contributed by atoms with Gasteiger partial charge in [-0.15, -0.1) is 0 Å². The van der Waals surface area contributed by atoms with Crippen molar-refractivity contribution in [1.82, 2.24) is 9.88 Å². The second kappa shape index (κ2) is 9.40. The Morgan fingerprint density at radius 2 is 1.76 bits per heavy atom. The first-order chi connectivity index (χ1) is 14.2. The molecule has 5 heteroatoms. The van der Waals surface area contributed by atoms with E-state index in [0.717, 1.165) is 64.1 Å². The van der Waals surface area contributed by atoms with Crippen LogP contribution >= 0.6 is 0 Å². The first-order valence-corrected chi connectivity index (χ1v) is 10.8. The molecule has 0 bridgehead atoms. The highest BCUT2D eigenvalue weighted by Gasteiger charge is 2.24. The van der Waals surface area contributed by atoms with Crippen LogP contribution in [-0.4, -0.2) is 55.2 Å². The number of benzene rings is 1. The van der Waals surface area contributed by atoms with Gasteiger partial charge >= 0.3 is 0 Å². The first kappa shape index (κ1) is 19.9. The predicted octanol–water partition coefficient (Wildman–Crippen LogP) is 4.11. The monoisotopic (exact) mass is 393 g/mol. The number of piperidine rings is 1. The van der Waals surface area contributed by atoms with Crippen LogP contribution in [0.4, 0.5) is 5.82 Å². The lowest BCUT2D eigenvalue weighted by Gasteiger charge is -2.32. The lowest BCUT2D eigenvalue weighted by atomic mass is 9.92. The molecule has 154 valence electrons. The smallest absolute Gasteiger partial charge is 0.255 e. The van der Waals surface area contributed by atoms with Crippen LogP contribution < -0.4 is 4.90 Å². The molecule has 2 aromatic rings. The largest absolute Gasteiger partial charge is 0.381 e. The summed E-state index contributed by atoms with van der Waals surface area (Å²) in [4.78, 5) is 21.9. The fourth-order valence-corrected chi connectivity index (χ4v) is 4.56. The van der Waals surface area contributed by atoms with Crippen molar-refractivity contribution in [2.75, 3.05) is 38.2 Å². The molecule has 0 N–H and O–H groups in total. The number of methoxy groups -OCH3 is 1. The minimum Gasteiger partial charge on any atom is -0.381 e. The van der Waals surface area contributed by atoms with Crippen LogP contribution in [0.5, 0.6) is 0 Å². The molecule has 29 heavy (non-hydrogen) atoms. The van der Waals surface area contributed by atoms with E-state index in [1.54, 1.807) is 13.3 Å². The van der Waals surface area contributed by atoms with Gasteiger partial charge in [0, 0.05) is 39.5 Å². The van der Waals surface area contributed by atoms with Gasteiger partial charge in [0.25, 0.3) is 5.91 Å². The molecular formula is C24H31N3O2. The number of rotatable bonds is 4. The molecule has 2 saturated heterocycles. The molecule has 0 aliphatic carbocycles. The van der Waals surface area contributed by atoms with Gasteiger partial charge in [0.05, 0.1) is 11.7 Å². The summed E-state index contributed by atoms with van der Waals surface area (Å²) in [5.74, 6) is 1.61. The first-order valence-electron chi connectivity index (χ1n) is 10.8. The molecule has 3 heterocycles. The zero-order valence-electron chi connectivity index (χ0n) is 17.3. The molecule has 1 aromatic heterocycles. The maximum atomic E-state index is 13.0. The number of ether oxygens (including phenoxy) is 1. The standard InChI is InChI=1S/C24H31N3O2/c1-29-22-12-16-26(17-13-22)23-10-9-21(18-25-23)24(28)27-14-5-8-20(11-15-27)19-6-3-2-4-7-19/h2-4,6-7,9-10,18,20,22H,5,8,11-17H2,1H3/t20-/m0/s1. The van der Waals surface area contributed by atoms with E-state index < -0.39 is 0 Å². The summed E-state index contributed by atoms with van der Waals surface area (Å²) < 4.78 is 5.44. The summed E-state index contributed by atoms with van der Waals surface area (Å²) in [6, 6.07) is 14.6. The number of carbonyl (C=O) groups excluding carboxylic acids is 1. The highest BCUT2D eigenvalue weighted by Crippen LogP contribution is 2.28. The van der Waals surface area contributed by atoms with Crippen molar-refractivity contribution in [2.45, 2.75) is 44.1 Å². The molecular weight excluding hydrogens is 362 g/mol. The van der Waals surface area contributed by atoms with Crippen molar-refractivity contribution in [3.05, 3.63) is 59.8 Å². The molecule has 0 spiro atoms. The van der Waals surface area contributed by atoms with E-state index in [1.807, 2.05) is 17.0 Å². The lowest BCUT2D eigenvalue weighted by molar-refractivity contribution is 0.0760. The van der Waals surface area contributed by atoms with Crippen molar-refractivity contribution >= 4 is 11.7 Å². The molecule has 1 atom stereocenters. The van der Waals surface area contributed by atoms with Gasteiger partial charge in [-0.25, -0.2) is 4.98 Å². The molecule has 0 radical (unpaired) electrons. The molecule has 5 nitrogen and oxygen atoms in total. The summed E-state index contributed by atoms with van der Waals surface area (Å²) in [5.41, 5.74) is 2.09. The fourth-order valence-electron chi connectivity index (χ4n) is 4.56. The van der Waals surface area contributed by atoms with E-state index in [9.17, 15) is 4.79 Å². The van der Waals surface area contributed by atoms with Crippen molar-refractivity contribution in [2.24, 2.45) is 0 Å². The Labute approximate surface area is 173 Å². The average Bonchev–Trinajstić information content (AvgIpc) is 3.06. The number of amides is 1. The number of pyridine rings is 1. The third kappa shape index (κ3) is 4.78. The highest BCUT2D eigenvalue weighted by molar-refractivity contribution is 5.94. The van der Waals surface area contributed by atoms with Gasteiger partial charge < -0.3 is 14.5 Å². The normalized spacial score (nSPS) is 21.1. The van der Waals surface area contributed by atoms with Crippen LogP contribution in [0.3, 0.4) is 0 Å². The topological polar surface area (TPSA) is 45.7 Å². The Morgan fingerprint density at radius 1 is 0.966 bits per heavy atom. The van der Waals surface area contributed by atoms with Crippen LogP contribution in [0.1, 0.15) is 53.9 Å². The number of nitrogens with zero attached hydrogens (tertiary/aromatic N) is 3. The Hall–Kier alpha value is -2.40. The van der Waals surface area contributed by atoms with E-state index in [4.69, 9.17) is 4.74 Å². The summed E-state index contributed by atoms with van der Waals surface area (Å²) in [7, 11) is 1.78. The fraction of sp³-hybridized carbons (Fsp3) is 0.500. The number of anilines is 1. The second-order valence-corrected chi connectivity index (χ2v) is 8.16. The van der Waals surface area contributed by atoms with Crippen LogP contribution in [-0.2, 0) is 4.74 Å². The van der Waals surface area contributed by atoms with Crippen molar-refractivity contribution in [3.63, 3.8) is 0 Å². The molecule has 2 aliphatic rings. The van der Waals surface area contributed by atoms with Gasteiger partial charge in [-0.1, -0.05) is 30.3 Å². The zero-order valence-corrected chi connectivity index (χ0v) is 17.3. The predicted molar refractivity (Wildman–Crippen MR) is 115 cm³/mol. The maximum Gasteiger partial charge on any atom is 0.255 e. The molecule has 0 saturated carbocycles. The van der Waals surface area contributed by atoms with Crippen molar-refractivity contribution < 1.29 is 9.53 Å². The van der Waals surface area contributed by atoms with Gasteiger partial charge in [0.1, 0.15) is 5.82 Å². The Morgan fingerprint density at radius 3 is 2.45 bits per heavy atom. The third-order valence-electron chi connectivity index (χ3n) is 6.38. The Balaban J connectivity index is 1.36. The van der Waals surface area contributed by atoms with E-state index in [1.165, 1.54) is 5.56 Å². The van der Waals surface area contributed by atoms with E-state index >= 15 is 0 Å². The van der Waals surface area contributed by atoms with Gasteiger partial charge in [-0.3, -0.25) is 4.79 Å². The number of hydrogen-bond donors (Lipinski definition) is 0. The molecule has 2 aliphatic heterocycles. The number of hydrogen-bond acceptors (Lipinski definition) is 4. The molecule has 2 fully saturated rings. The summed E-state index contributed by atoms with van der Waals surface area (Å²) in [6.45, 7) is 3.54. The van der Waals surface area contributed by atoms with Crippen LogP contribution in [0.25, 0.3) is 0 Å². The Kier molecular flexibility index (Phi) is 6.45. The van der Waals surface area contributed by atoms with E-state index in [-0.39, 0.29) is 5.91 Å². The number of aromatic nitrogens is 1. The maximum absolute atomic E-state index is 13.0. The minimum absolute atomic E-state index is 0.107. The van der Waals surface area contributed by atoms with E-state index in [2.05, 4.69) is 40.2 Å². The van der Waals surface area contributed by atoms with E-state index in [0.29, 0.717) is 17.6 Å². The quantitative estimate of drug-likeness (QED) is 0.784.